The maximum Gasteiger partial charge on any atom is 0.514 e. The van der Waals surface area contributed by atoms with Crippen molar-refractivity contribution in [3.8, 4) is 0 Å². The first-order valence-corrected chi connectivity index (χ1v) is 3.74. The molecule has 6 heteroatoms. The number of hydrogen-bond donors (Lipinski definition) is 0. The third-order valence-corrected chi connectivity index (χ3v) is 1.90. The highest BCUT2D eigenvalue weighted by molar-refractivity contribution is 7.48. The van der Waals surface area contributed by atoms with Gasteiger partial charge in [0, 0.05) is 0 Å². The zero-order chi connectivity index (χ0) is 6.20. The Morgan fingerprint density at radius 3 is 2.62 bits per heavy atom. The van der Waals surface area contributed by atoms with Crippen LogP contribution in [0.5, 0.6) is 0 Å². The standard InChI is InChI=1S/C2H3ClFO3P/c3-2-1-6-8(4,5)7-2/h2H,1H2. The molecule has 1 saturated heterocycles. The molecule has 3 nitrogen and oxygen atoms in total. The van der Waals surface area contributed by atoms with Gasteiger partial charge in [0.1, 0.15) is 0 Å². The van der Waals surface area contributed by atoms with Crippen LogP contribution in [0.3, 0.4) is 0 Å². The van der Waals surface area contributed by atoms with E-state index < -0.39 is 13.5 Å². The van der Waals surface area contributed by atoms with Crippen molar-refractivity contribution >= 4 is 19.5 Å². The second kappa shape index (κ2) is 1.95. The van der Waals surface area contributed by atoms with Gasteiger partial charge in [-0.05, 0) is 0 Å². The topological polar surface area (TPSA) is 35.5 Å². The van der Waals surface area contributed by atoms with Crippen LogP contribution < -0.4 is 0 Å². The first kappa shape index (κ1) is 6.49. The van der Waals surface area contributed by atoms with Gasteiger partial charge in [0.15, 0.2) is 5.56 Å². The summed E-state index contributed by atoms with van der Waals surface area (Å²) in [5.74, 6) is 0. The van der Waals surface area contributed by atoms with Gasteiger partial charge >= 0.3 is 7.91 Å². The van der Waals surface area contributed by atoms with Crippen LogP contribution in [0.4, 0.5) is 4.20 Å². The van der Waals surface area contributed by atoms with Gasteiger partial charge in [-0.25, -0.2) is 4.57 Å². The van der Waals surface area contributed by atoms with E-state index in [4.69, 9.17) is 11.6 Å². The SMILES string of the molecule is O=P1(F)OCC(Cl)O1. The molecule has 0 aromatic carbocycles. The maximum atomic E-state index is 11.9. The first-order valence-electron chi connectivity index (χ1n) is 1.87. The predicted octanol–water partition coefficient (Wildman–Crippen LogP) is 1.68. The maximum absolute atomic E-state index is 11.9. The van der Waals surface area contributed by atoms with Crippen LogP contribution in [0, 0.1) is 0 Å². The highest BCUT2D eigenvalue weighted by Crippen LogP contribution is 2.55. The summed E-state index contributed by atoms with van der Waals surface area (Å²) in [6.45, 7) is -0.144. The van der Waals surface area contributed by atoms with Crippen LogP contribution in [-0.4, -0.2) is 12.2 Å². The molecule has 1 heterocycles. The van der Waals surface area contributed by atoms with Gasteiger partial charge in [-0.15, -0.1) is 4.20 Å². The Hall–Kier alpha value is 0.370. The molecule has 1 aliphatic heterocycles. The molecule has 0 aromatic rings. The number of alkyl halides is 1. The van der Waals surface area contributed by atoms with E-state index in [1.165, 1.54) is 0 Å². The summed E-state index contributed by atoms with van der Waals surface area (Å²) in [5.41, 5.74) is -0.897. The van der Waals surface area contributed by atoms with E-state index in [2.05, 4.69) is 9.05 Å². The van der Waals surface area contributed by atoms with Crippen molar-refractivity contribution in [2.45, 2.75) is 5.56 Å². The normalized spacial score (nSPS) is 47.5. The second-order valence-electron chi connectivity index (χ2n) is 1.24. The monoisotopic (exact) mass is 160 g/mol. The lowest BCUT2D eigenvalue weighted by molar-refractivity contribution is 0.295. The molecule has 1 fully saturated rings. The van der Waals surface area contributed by atoms with Gasteiger partial charge < -0.3 is 0 Å². The Morgan fingerprint density at radius 1 is 1.88 bits per heavy atom. The smallest absolute Gasteiger partial charge is 0.279 e. The van der Waals surface area contributed by atoms with E-state index in [0.29, 0.717) is 0 Å². The largest absolute Gasteiger partial charge is 0.514 e. The first-order chi connectivity index (χ1) is 3.60. The molecule has 0 spiro atoms. The summed E-state index contributed by atoms with van der Waals surface area (Å²) in [7, 11) is -4.23. The van der Waals surface area contributed by atoms with E-state index in [1.807, 2.05) is 0 Å². The molecule has 2 atom stereocenters. The number of hydrogen-bond acceptors (Lipinski definition) is 3. The molecule has 0 saturated carbocycles. The van der Waals surface area contributed by atoms with Gasteiger partial charge in [-0.3, -0.25) is 9.05 Å². The van der Waals surface area contributed by atoms with Crippen molar-refractivity contribution in [3.63, 3.8) is 0 Å². The van der Waals surface area contributed by atoms with Crippen LogP contribution in [0.1, 0.15) is 0 Å². The summed E-state index contributed by atoms with van der Waals surface area (Å²) in [4.78, 5) is 0. The molecule has 1 rings (SSSR count). The lowest BCUT2D eigenvalue weighted by Crippen LogP contribution is -1.95. The van der Waals surface area contributed by atoms with Gasteiger partial charge in [-0.1, -0.05) is 11.6 Å². The molecule has 0 bridgehead atoms. The van der Waals surface area contributed by atoms with Gasteiger partial charge in [0.2, 0.25) is 0 Å². The Morgan fingerprint density at radius 2 is 2.50 bits per heavy atom. The Balaban J connectivity index is 2.57. The van der Waals surface area contributed by atoms with Crippen LogP contribution >= 0.6 is 19.5 Å². The van der Waals surface area contributed by atoms with E-state index >= 15 is 0 Å². The highest BCUT2D eigenvalue weighted by atomic mass is 35.5. The summed E-state index contributed by atoms with van der Waals surface area (Å²) >= 11 is 5.14. The molecule has 2 unspecified atom stereocenters. The Bertz CT molecular complexity index is 139. The van der Waals surface area contributed by atoms with Crippen molar-refractivity contribution in [3.05, 3.63) is 0 Å². The van der Waals surface area contributed by atoms with Crippen LogP contribution in [0.2, 0.25) is 0 Å². The van der Waals surface area contributed by atoms with Gasteiger partial charge in [-0.2, -0.15) is 0 Å². The molecule has 0 N–H and O–H groups in total. The fraction of sp³-hybridized carbons (Fsp3) is 1.00. The van der Waals surface area contributed by atoms with E-state index in [0.717, 1.165) is 0 Å². The van der Waals surface area contributed by atoms with Crippen LogP contribution in [0.25, 0.3) is 0 Å². The average Bonchev–Trinajstić information content (AvgIpc) is 1.82. The molecule has 1 aliphatic rings. The summed E-state index contributed by atoms with van der Waals surface area (Å²) in [5, 5.41) is 0. The minimum Gasteiger partial charge on any atom is -0.279 e. The van der Waals surface area contributed by atoms with Crippen molar-refractivity contribution in [2.75, 3.05) is 6.61 Å². The Labute approximate surface area is 50.4 Å². The molecule has 0 radical (unpaired) electrons. The summed E-state index contributed by atoms with van der Waals surface area (Å²) < 4.78 is 29.9. The van der Waals surface area contributed by atoms with E-state index in [1.54, 1.807) is 0 Å². The fourth-order valence-electron chi connectivity index (χ4n) is 0.345. The minimum absolute atomic E-state index is 0.144. The summed E-state index contributed by atoms with van der Waals surface area (Å²) in [6.07, 6.45) is 0. The van der Waals surface area contributed by atoms with Crippen molar-refractivity contribution in [1.29, 1.82) is 0 Å². The Kier molecular flexibility index (Phi) is 1.59. The van der Waals surface area contributed by atoms with Crippen molar-refractivity contribution in [1.82, 2.24) is 0 Å². The zero-order valence-electron chi connectivity index (χ0n) is 3.71. The fourth-order valence-corrected chi connectivity index (χ4v) is 1.49. The molecule has 0 aromatic heterocycles. The molecule has 8 heavy (non-hydrogen) atoms. The third kappa shape index (κ3) is 1.42. The lowest BCUT2D eigenvalue weighted by Gasteiger charge is -1.92. The highest BCUT2D eigenvalue weighted by Gasteiger charge is 2.35. The third-order valence-electron chi connectivity index (χ3n) is 0.600. The quantitative estimate of drug-likeness (QED) is 0.399. The average molecular weight is 160 g/mol. The van der Waals surface area contributed by atoms with Crippen molar-refractivity contribution in [2.24, 2.45) is 0 Å². The van der Waals surface area contributed by atoms with Gasteiger partial charge in [0.25, 0.3) is 0 Å². The van der Waals surface area contributed by atoms with Crippen molar-refractivity contribution < 1.29 is 17.8 Å². The molecular formula is C2H3ClFO3P. The number of halogens is 2. The molecular weight excluding hydrogens is 157 g/mol. The van der Waals surface area contributed by atoms with Crippen LogP contribution in [0.15, 0.2) is 0 Å². The zero-order valence-corrected chi connectivity index (χ0v) is 5.36. The summed E-state index contributed by atoms with van der Waals surface area (Å²) in [6, 6.07) is 0. The second-order valence-corrected chi connectivity index (χ2v) is 3.06. The predicted molar refractivity (Wildman–Crippen MR) is 25.4 cm³/mol. The van der Waals surface area contributed by atoms with E-state index in [-0.39, 0.29) is 6.61 Å². The molecule has 0 amide bonds. The minimum atomic E-state index is -4.23. The molecule has 48 valence electrons. The lowest BCUT2D eigenvalue weighted by atomic mass is 10.8. The van der Waals surface area contributed by atoms with Gasteiger partial charge in [0.05, 0.1) is 6.61 Å². The van der Waals surface area contributed by atoms with Crippen LogP contribution in [-0.2, 0) is 13.6 Å². The number of rotatable bonds is 0. The van der Waals surface area contributed by atoms with E-state index in [9.17, 15) is 8.76 Å². The molecule has 0 aliphatic carbocycles.